The summed E-state index contributed by atoms with van der Waals surface area (Å²) in [7, 11) is 0. The van der Waals surface area contributed by atoms with Crippen molar-refractivity contribution in [3.05, 3.63) is 71.3 Å². The van der Waals surface area contributed by atoms with E-state index >= 15 is 0 Å². The molecule has 0 radical (unpaired) electrons. The van der Waals surface area contributed by atoms with Gasteiger partial charge in [-0.25, -0.2) is 4.79 Å². The molecule has 0 heterocycles. The average molecular weight is 461 g/mol. The number of hydrogen-bond acceptors (Lipinski definition) is 2. The van der Waals surface area contributed by atoms with E-state index in [1.165, 1.54) is 75.6 Å². The van der Waals surface area contributed by atoms with Crippen LogP contribution in [0.15, 0.2) is 54.6 Å². The van der Waals surface area contributed by atoms with Gasteiger partial charge in [0, 0.05) is 5.56 Å². The number of unbranched alkanes of at least 4 members (excludes halogenated alkanes) is 4. The van der Waals surface area contributed by atoms with Crippen LogP contribution in [-0.4, -0.2) is 12.1 Å². The van der Waals surface area contributed by atoms with Crippen molar-refractivity contribution in [2.75, 3.05) is 0 Å². The predicted molar refractivity (Wildman–Crippen MR) is 125 cm³/mol. The predicted octanol–water partition coefficient (Wildman–Crippen LogP) is 8.78. The summed E-state index contributed by atoms with van der Waals surface area (Å²) in [6, 6.07) is 14.2. The quantitative estimate of drug-likeness (QED) is 0.262. The summed E-state index contributed by atoms with van der Waals surface area (Å²) in [5, 5.41) is 0. The summed E-state index contributed by atoms with van der Waals surface area (Å²) >= 11 is 0. The van der Waals surface area contributed by atoms with Crippen LogP contribution in [0.3, 0.4) is 0 Å². The fraction of sp³-hybridized carbons (Fsp3) is 0.536. The molecular weight excluding hydrogens is 425 g/mol. The van der Waals surface area contributed by atoms with Gasteiger partial charge in [-0.3, -0.25) is 0 Å². The maximum absolute atomic E-state index is 13.5. The first kappa shape index (κ1) is 25.3. The minimum absolute atomic E-state index is 0.0860. The summed E-state index contributed by atoms with van der Waals surface area (Å²) in [5.41, 5.74) is 1.21. The fourth-order valence-corrected chi connectivity index (χ4v) is 4.84. The molecule has 1 fully saturated rings. The number of hydrogen-bond donors (Lipinski definition) is 0. The second kappa shape index (κ2) is 12.2. The van der Waals surface area contributed by atoms with Crippen LogP contribution >= 0.6 is 0 Å². The molecule has 3 rings (SSSR count). The lowest BCUT2D eigenvalue weighted by Crippen LogP contribution is -2.26. The number of halogens is 3. The first-order chi connectivity index (χ1) is 15.9. The lowest BCUT2D eigenvalue weighted by atomic mass is 9.77. The molecule has 1 atom stereocenters. The van der Waals surface area contributed by atoms with E-state index in [1.54, 1.807) is 18.2 Å². The molecule has 0 unspecified atom stereocenters. The Hall–Kier alpha value is -2.30. The van der Waals surface area contributed by atoms with Crippen LogP contribution in [0.4, 0.5) is 13.2 Å². The summed E-state index contributed by atoms with van der Waals surface area (Å²) in [6.07, 6.45) is 5.71. The van der Waals surface area contributed by atoms with E-state index in [-0.39, 0.29) is 11.1 Å². The molecule has 5 heteroatoms. The maximum atomic E-state index is 13.5. The SMILES string of the molecule is CCCCCCC[C@H]1CC[C@H](c2ccc(C(=O)O[C@H](c3ccccc3)C(F)(F)F)cc2)CC1. The van der Waals surface area contributed by atoms with Gasteiger partial charge in [-0.1, -0.05) is 87.9 Å². The molecule has 0 aliphatic heterocycles. The molecule has 0 amide bonds. The fourth-order valence-electron chi connectivity index (χ4n) is 4.84. The second-order valence-electron chi connectivity index (χ2n) is 9.28. The van der Waals surface area contributed by atoms with Crippen molar-refractivity contribution in [3.8, 4) is 0 Å². The van der Waals surface area contributed by atoms with Crippen molar-refractivity contribution < 1.29 is 22.7 Å². The van der Waals surface area contributed by atoms with Gasteiger partial charge in [0.15, 0.2) is 0 Å². The molecule has 2 aromatic rings. The van der Waals surface area contributed by atoms with Crippen molar-refractivity contribution in [2.24, 2.45) is 5.92 Å². The third kappa shape index (κ3) is 7.62. The molecular formula is C28H35F3O2. The molecule has 1 aliphatic rings. The van der Waals surface area contributed by atoms with E-state index in [1.807, 2.05) is 12.1 Å². The average Bonchev–Trinajstić information content (AvgIpc) is 2.82. The van der Waals surface area contributed by atoms with Crippen LogP contribution in [0, 0.1) is 5.92 Å². The highest BCUT2D eigenvalue weighted by Crippen LogP contribution is 2.39. The summed E-state index contributed by atoms with van der Waals surface area (Å²) in [5.74, 6) is 0.313. The number of benzene rings is 2. The van der Waals surface area contributed by atoms with Gasteiger partial charge in [0.2, 0.25) is 6.10 Å². The Kier molecular flexibility index (Phi) is 9.40. The molecule has 1 saturated carbocycles. The van der Waals surface area contributed by atoms with Gasteiger partial charge in [-0.05, 0) is 55.2 Å². The van der Waals surface area contributed by atoms with Crippen molar-refractivity contribution in [2.45, 2.75) is 89.3 Å². The number of alkyl halides is 3. The van der Waals surface area contributed by atoms with Crippen molar-refractivity contribution in [3.63, 3.8) is 0 Å². The third-order valence-corrected chi connectivity index (χ3v) is 6.80. The number of esters is 1. The normalized spacial score (nSPS) is 19.8. The van der Waals surface area contributed by atoms with Gasteiger partial charge in [0.05, 0.1) is 5.56 Å². The Morgan fingerprint density at radius 2 is 1.55 bits per heavy atom. The topological polar surface area (TPSA) is 26.3 Å². The molecule has 1 aliphatic carbocycles. The molecule has 0 spiro atoms. The highest BCUT2D eigenvalue weighted by Gasteiger charge is 2.44. The molecule has 33 heavy (non-hydrogen) atoms. The lowest BCUT2D eigenvalue weighted by Gasteiger charge is -2.29. The van der Waals surface area contributed by atoms with E-state index < -0.39 is 18.2 Å². The molecule has 0 N–H and O–H groups in total. The molecule has 180 valence electrons. The summed E-state index contributed by atoms with van der Waals surface area (Å²) in [4.78, 5) is 12.4. The van der Waals surface area contributed by atoms with Crippen LogP contribution in [0.5, 0.6) is 0 Å². The standard InChI is InChI=1S/C28H35F3O2/c1-2-3-4-5-7-10-21-13-15-22(16-14-21)23-17-19-25(20-18-23)27(32)33-26(28(29,30)31)24-11-8-6-9-12-24/h6,8-9,11-12,17-22,26H,2-5,7,10,13-16H2,1H3/t21-,22-,26-/m1/s1. The summed E-state index contributed by atoms with van der Waals surface area (Å²) in [6.45, 7) is 2.24. The Morgan fingerprint density at radius 1 is 0.909 bits per heavy atom. The number of carbonyl (C=O) groups is 1. The zero-order valence-corrected chi connectivity index (χ0v) is 19.4. The smallest absolute Gasteiger partial charge is 0.429 e. The van der Waals surface area contributed by atoms with Gasteiger partial charge in [0.1, 0.15) is 0 Å². The van der Waals surface area contributed by atoms with Crippen LogP contribution in [-0.2, 0) is 4.74 Å². The zero-order chi connectivity index (χ0) is 23.7. The molecule has 0 saturated heterocycles. The Bertz CT molecular complexity index is 838. The van der Waals surface area contributed by atoms with Crippen LogP contribution in [0.2, 0.25) is 0 Å². The van der Waals surface area contributed by atoms with E-state index in [4.69, 9.17) is 4.74 Å². The molecule has 2 nitrogen and oxygen atoms in total. The molecule has 0 aromatic heterocycles. The van der Waals surface area contributed by atoms with E-state index in [0.717, 1.165) is 24.3 Å². The van der Waals surface area contributed by atoms with Crippen LogP contribution in [0.25, 0.3) is 0 Å². The monoisotopic (exact) mass is 460 g/mol. The van der Waals surface area contributed by atoms with E-state index in [2.05, 4.69) is 6.92 Å². The minimum atomic E-state index is -4.68. The highest BCUT2D eigenvalue weighted by molar-refractivity contribution is 5.89. The van der Waals surface area contributed by atoms with E-state index in [0.29, 0.717) is 5.92 Å². The van der Waals surface area contributed by atoms with Crippen LogP contribution < -0.4 is 0 Å². The van der Waals surface area contributed by atoms with Crippen molar-refractivity contribution in [1.82, 2.24) is 0 Å². The number of rotatable bonds is 10. The van der Waals surface area contributed by atoms with Crippen LogP contribution in [0.1, 0.15) is 105 Å². The largest absolute Gasteiger partial charge is 0.444 e. The minimum Gasteiger partial charge on any atom is -0.444 e. The third-order valence-electron chi connectivity index (χ3n) is 6.80. The van der Waals surface area contributed by atoms with Crippen molar-refractivity contribution >= 4 is 5.97 Å². The summed E-state index contributed by atoms with van der Waals surface area (Å²) < 4.78 is 45.3. The van der Waals surface area contributed by atoms with Gasteiger partial charge < -0.3 is 4.74 Å². The zero-order valence-electron chi connectivity index (χ0n) is 19.4. The van der Waals surface area contributed by atoms with Gasteiger partial charge in [-0.15, -0.1) is 0 Å². The lowest BCUT2D eigenvalue weighted by molar-refractivity contribution is -0.207. The maximum Gasteiger partial charge on any atom is 0.429 e. The van der Waals surface area contributed by atoms with Gasteiger partial charge in [0.25, 0.3) is 0 Å². The first-order valence-corrected chi connectivity index (χ1v) is 12.3. The Balaban J connectivity index is 1.52. The second-order valence-corrected chi connectivity index (χ2v) is 9.28. The number of carbonyl (C=O) groups excluding carboxylic acids is 1. The molecule has 2 aromatic carbocycles. The Labute approximate surface area is 195 Å². The Morgan fingerprint density at radius 3 is 2.15 bits per heavy atom. The molecule has 0 bridgehead atoms. The van der Waals surface area contributed by atoms with Gasteiger partial charge in [-0.2, -0.15) is 13.2 Å². The number of ether oxygens (including phenoxy) is 1. The van der Waals surface area contributed by atoms with Crippen molar-refractivity contribution in [1.29, 1.82) is 0 Å². The van der Waals surface area contributed by atoms with Gasteiger partial charge >= 0.3 is 12.1 Å². The van der Waals surface area contributed by atoms with E-state index in [9.17, 15) is 18.0 Å². The first-order valence-electron chi connectivity index (χ1n) is 12.3. The highest BCUT2D eigenvalue weighted by atomic mass is 19.4.